The minimum atomic E-state index is -0.829. The first-order chi connectivity index (χ1) is 11.4. The molecule has 0 spiro atoms. The lowest BCUT2D eigenvalue weighted by atomic mass is 10.0. The van der Waals surface area contributed by atoms with Crippen LogP contribution in [-0.4, -0.2) is 46.5 Å². The number of rotatable bonds is 6. The first kappa shape index (κ1) is 17.4. The molecule has 1 unspecified atom stereocenters. The van der Waals surface area contributed by atoms with Gasteiger partial charge < -0.3 is 14.9 Å². The van der Waals surface area contributed by atoms with Crippen molar-refractivity contribution in [3.63, 3.8) is 0 Å². The maximum absolute atomic E-state index is 12.7. The van der Waals surface area contributed by atoms with Gasteiger partial charge in [-0.25, -0.2) is 4.79 Å². The second-order valence-corrected chi connectivity index (χ2v) is 7.55. The third kappa shape index (κ3) is 4.33. The molecule has 2 amide bonds. The molecule has 1 saturated carbocycles. The fourth-order valence-corrected chi connectivity index (χ4v) is 3.63. The van der Waals surface area contributed by atoms with Gasteiger partial charge in [0, 0.05) is 42.1 Å². The van der Waals surface area contributed by atoms with E-state index in [0.717, 1.165) is 24.9 Å². The summed E-state index contributed by atoms with van der Waals surface area (Å²) < 4.78 is 0. The first-order valence-corrected chi connectivity index (χ1v) is 8.87. The van der Waals surface area contributed by atoms with Crippen molar-refractivity contribution >= 4 is 35.2 Å². The molecular weight excluding hydrogens is 351 g/mol. The lowest BCUT2D eigenvalue weighted by Gasteiger charge is -2.40. The number of nitrogens with zero attached hydrogens (tertiary/aromatic N) is 2. The van der Waals surface area contributed by atoms with Crippen molar-refractivity contribution in [1.29, 1.82) is 0 Å². The Bertz CT molecular complexity index is 649. The number of aliphatic carboxylic acids is 1. The van der Waals surface area contributed by atoms with E-state index in [4.69, 9.17) is 28.3 Å². The summed E-state index contributed by atoms with van der Waals surface area (Å²) in [7, 11) is 0. The molecule has 1 aliphatic heterocycles. The average Bonchev–Trinajstić information content (AvgIpc) is 3.30. The summed E-state index contributed by atoms with van der Waals surface area (Å²) in [4.78, 5) is 27.3. The Morgan fingerprint density at radius 2 is 1.88 bits per heavy atom. The molecule has 1 saturated heterocycles. The summed E-state index contributed by atoms with van der Waals surface area (Å²) in [5.41, 5.74) is 0.816. The van der Waals surface area contributed by atoms with Crippen LogP contribution in [0.5, 0.6) is 0 Å². The van der Waals surface area contributed by atoms with Crippen molar-refractivity contribution in [1.82, 2.24) is 9.80 Å². The van der Waals surface area contributed by atoms with Gasteiger partial charge in [-0.1, -0.05) is 29.3 Å². The lowest BCUT2D eigenvalue weighted by molar-refractivity contribution is -0.138. The number of amides is 2. The molecule has 3 rings (SSSR count). The van der Waals surface area contributed by atoms with Crippen molar-refractivity contribution < 1.29 is 14.7 Å². The Morgan fingerprint density at radius 1 is 1.17 bits per heavy atom. The zero-order valence-corrected chi connectivity index (χ0v) is 14.8. The van der Waals surface area contributed by atoms with Gasteiger partial charge in [-0.3, -0.25) is 4.79 Å². The van der Waals surface area contributed by atoms with Crippen LogP contribution in [0.25, 0.3) is 0 Å². The Hall–Kier alpha value is -1.46. The molecular formula is C17H20Cl2N2O3. The number of halogens is 2. The first-order valence-electron chi connectivity index (χ1n) is 8.12. The summed E-state index contributed by atoms with van der Waals surface area (Å²) in [5, 5.41) is 10.2. The number of carbonyl (C=O) groups excluding carboxylic acids is 1. The highest BCUT2D eigenvalue weighted by Crippen LogP contribution is 2.32. The average molecular weight is 371 g/mol. The maximum Gasteiger partial charge on any atom is 0.320 e. The van der Waals surface area contributed by atoms with Gasteiger partial charge in [0.15, 0.2) is 0 Å². The number of hydrogen-bond donors (Lipinski definition) is 1. The van der Waals surface area contributed by atoms with Crippen LogP contribution in [0, 0.1) is 11.8 Å². The van der Waals surface area contributed by atoms with E-state index in [1.54, 1.807) is 21.9 Å². The highest BCUT2D eigenvalue weighted by molar-refractivity contribution is 6.35. The normalized spacial score (nSPS) is 21.2. The molecule has 1 aliphatic carbocycles. The molecule has 1 heterocycles. The van der Waals surface area contributed by atoms with Crippen LogP contribution in [0.4, 0.5) is 4.79 Å². The predicted octanol–water partition coefficient (Wildman–Crippen LogP) is 3.73. The number of benzene rings is 1. The molecule has 130 valence electrons. The van der Waals surface area contributed by atoms with Crippen molar-refractivity contribution in [2.24, 2.45) is 11.8 Å². The molecule has 1 atom stereocenters. The van der Waals surface area contributed by atoms with Gasteiger partial charge in [-0.05, 0) is 36.5 Å². The van der Waals surface area contributed by atoms with Crippen LogP contribution in [0.15, 0.2) is 18.2 Å². The van der Waals surface area contributed by atoms with E-state index in [0.29, 0.717) is 35.6 Å². The van der Waals surface area contributed by atoms with E-state index in [1.807, 2.05) is 6.07 Å². The molecule has 0 radical (unpaired) electrons. The topological polar surface area (TPSA) is 60.9 Å². The lowest BCUT2D eigenvalue weighted by Crippen LogP contribution is -2.53. The summed E-state index contributed by atoms with van der Waals surface area (Å²) in [6.07, 6.45) is 2.37. The third-order valence-corrected chi connectivity index (χ3v) is 5.10. The van der Waals surface area contributed by atoms with E-state index in [9.17, 15) is 9.59 Å². The van der Waals surface area contributed by atoms with Crippen LogP contribution < -0.4 is 0 Å². The van der Waals surface area contributed by atoms with Crippen molar-refractivity contribution in [2.45, 2.75) is 25.8 Å². The minimum Gasteiger partial charge on any atom is -0.481 e. The Balaban J connectivity index is 1.74. The van der Waals surface area contributed by atoms with Gasteiger partial charge in [0.05, 0.1) is 6.42 Å². The summed E-state index contributed by atoms with van der Waals surface area (Å²) >= 11 is 12.1. The predicted molar refractivity (Wildman–Crippen MR) is 92.3 cm³/mol. The third-order valence-electron chi connectivity index (χ3n) is 4.51. The molecule has 1 aromatic rings. The van der Waals surface area contributed by atoms with E-state index in [1.165, 1.54) is 0 Å². The Kier molecular flexibility index (Phi) is 5.21. The maximum atomic E-state index is 12.7. The second-order valence-electron chi connectivity index (χ2n) is 6.71. The zero-order chi connectivity index (χ0) is 17.3. The molecule has 1 N–H and O–H groups in total. The number of carbonyl (C=O) groups is 2. The van der Waals surface area contributed by atoms with Crippen molar-refractivity contribution in [3.8, 4) is 0 Å². The zero-order valence-electron chi connectivity index (χ0n) is 13.3. The van der Waals surface area contributed by atoms with Gasteiger partial charge in [0.25, 0.3) is 0 Å². The van der Waals surface area contributed by atoms with Gasteiger partial charge in [-0.2, -0.15) is 0 Å². The molecule has 1 aromatic carbocycles. The van der Waals surface area contributed by atoms with Gasteiger partial charge >= 0.3 is 12.0 Å². The van der Waals surface area contributed by atoms with Gasteiger partial charge in [-0.15, -0.1) is 0 Å². The molecule has 7 heteroatoms. The van der Waals surface area contributed by atoms with E-state index >= 15 is 0 Å². The van der Waals surface area contributed by atoms with Crippen LogP contribution in [0.2, 0.25) is 10.0 Å². The fraction of sp³-hybridized carbons (Fsp3) is 0.529. The SMILES string of the molecule is O=C(O)CC1CN(Cc2ccc(Cl)cc2Cl)C(=O)N(CC2CC2)C1. The highest BCUT2D eigenvalue weighted by Gasteiger charge is 2.36. The number of hydrogen-bond acceptors (Lipinski definition) is 2. The van der Waals surface area contributed by atoms with Crippen molar-refractivity contribution in [3.05, 3.63) is 33.8 Å². The second kappa shape index (κ2) is 7.19. The molecule has 0 bridgehead atoms. The number of carboxylic acid groups (broad SMARTS) is 1. The quantitative estimate of drug-likeness (QED) is 0.829. The molecule has 5 nitrogen and oxygen atoms in total. The number of urea groups is 1. The Labute approximate surface area is 151 Å². The minimum absolute atomic E-state index is 0.0328. The van der Waals surface area contributed by atoms with Crippen LogP contribution in [0.3, 0.4) is 0 Å². The largest absolute Gasteiger partial charge is 0.481 e. The molecule has 24 heavy (non-hydrogen) atoms. The standard InChI is InChI=1S/C17H20Cl2N2O3/c18-14-4-3-13(15(19)6-14)10-21-9-12(5-16(22)23)8-20(17(21)24)7-11-1-2-11/h3-4,6,11-12H,1-2,5,7-10H2,(H,22,23). The van der Waals surface area contributed by atoms with Crippen LogP contribution in [0.1, 0.15) is 24.8 Å². The highest BCUT2D eigenvalue weighted by atomic mass is 35.5. The van der Waals surface area contributed by atoms with E-state index < -0.39 is 5.97 Å². The van der Waals surface area contributed by atoms with Crippen LogP contribution >= 0.6 is 23.2 Å². The fourth-order valence-electron chi connectivity index (χ4n) is 3.17. The summed E-state index contributed by atoms with van der Waals surface area (Å²) in [5.74, 6) is -0.325. The molecule has 2 aliphatic rings. The van der Waals surface area contributed by atoms with Crippen LogP contribution in [-0.2, 0) is 11.3 Å². The van der Waals surface area contributed by atoms with E-state index in [2.05, 4.69) is 0 Å². The molecule has 2 fully saturated rings. The number of carboxylic acids is 1. The van der Waals surface area contributed by atoms with Gasteiger partial charge in [0.1, 0.15) is 0 Å². The molecule has 0 aromatic heterocycles. The van der Waals surface area contributed by atoms with Crippen molar-refractivity contribution in [2.75, 3.05) is 19.6 Å². The van der Waals surface area contributed by atoms with E-state index in [-0.39, 0.29) is 18.4 Å². The summed E-state index contributed by atoms with van der Waals surface area (Å²) in [6.45, 7) is 2.05. The Morgan fingerprint density at radius 3 is 2.50 bits per heavy atom. The smallest absolute Gasteiger partial charge is 0.320 e. The monoisotopic (exact) mass is 370 g/mol. The summed E-state index contributed by atoms with van der Waals surface area (Å²) in [6, 6.07) is 5.18. The van der Waals surface area contributed by atoms with Gasteiger partial charge in [0.2, 0.25) is 0 Å².